The SMILES string of the molecule is Cc1occc1-c1nnc(SCC(=O)Nc2cccc(F)c2)o1. The van der Waals surface area contributed by atoms with Crippen molar-refractivity contribution in [3.05, 3.63) is 48.2 Å². The lowest BCUT2D eigenvalue weighted by Crippen LogP contribution is -2.14. The zero-order chi connectivity index (χ0) is 16.2. The number of aromatic nitrogens is 2. The predicted octanol–water partition coefficient (Wildman–Crippen LogP) is 3.51. The van der Waals surface area contributed by atoms with Crippen molar-refractivity contribution in [2.75, 3.05) is 11.1 Å². The van der Waals surface area contributed by atoms with Crippen LogP contribution in [0.4, 0.5) is 10.1 Å². The van der Waals surface area contributed by atoms with E-state index in [1.54, 1.807) is 19.1 Å². The van der Waals surface area contributed by atoms with Gasteiger partial charge in [-0.3, -0.25) is 4.79 Å². The molecule has 0 spiro atoms. The fourth-order valence-corrected chi connectivity index (χ4v) is 2.44. The first kappa shape index (κ1) is 15.3. The molecule has 0 unspecified atom stereocenters. The Hall–Kier alpha value is -2.61. The minimum absolute atomic E-state index is 0.0719. The minimum atomic E-state index is -0.410. The first-order valence-corrected chi connectivity index (χ1v) is 7.66. The third kappa shape index (κ3) is 3.78. The first-order valence-electron chi connectivity index (χ1n) is 6.68. The van der Waals surface area contributed by atoms with Gasteiger partial charge in [0.25, 0.3) is 11.1 Å². The summed E-state index contributed by atoms with van der Waals surface area (Å²) in [6.07, 6.45) is 1.54. The monoisotopic (exact) mass is 333 g/mol. The van der Waals surface area contributed by atoms with Crippen molar-refractivity contribution >= 4 is 23.4 Å². The predicted molar refractivity (Wildman–Crippen MR) is 82.5 cm³/mol. The number of nitrogens with one attached hydrogen (secondary N) is 1. The fourth-order valence-electron chi connectivity index (χ4n) is 1.87. The Bertz CT molecular complexity index is 831. The molecule has 0 aliphatic rings. The molecular weight excluding hydrogens is 321 g/mol. The third-order valence-electron chi connectivity index (χ3n) is 2.93. The lowest BCUT2D eigenvalue weighted by Gasteiger charge is -2.03. The average Bonchev–Trinajstić information content (AvgIpc) is 3.13. The van der Waals surface area contributed by atoms with Crippen molar-refractivity contribution in [1.29, 1.82) is 0 Å². The number of hydrogen-bond donors (Lipinski definition) is 1. The quantitative estimate of drug-likeness (QED) is 0.720. The van der Waals surface area contributed by atoms with Gasteiger partial charge >= 0.3 is 0 Å². The summed E-state index contributed by atoms with van der Waals surface area (Å²) in [5.41, 5.74) is 1.12. The van der Waals surface area contributed by atoms with Gasteiger partial charge in [0, 0.05) is 5.69 Å². The highest BCUT2D eigenvalue weighted by Crippen LogP contribution is 2.26. The van der Waals surface area contributed by atoms with Gasteiger partial charge in [0.2, 0.25) is 5.91 Å². The van der Waals surface area contributed by atoms with Crippen molar-refractivity contribution < 1.29 is 18.0 Å². The summed E-state index contributed by atoms with van der Waals surface area (Å²) in [6, 6.07) is 7.42. The van der Waals surface area contributed by atoms with Gasteiger partial charge < -0.3 is 14.2 Å². The molecule has 0 saturated heterocycles. The summed E-state index contributed by atoms with van der Waals surface area (Å²) in [7, 11) is 0. The second-order valence-electron chi connectivity index (χ2n) is 4.61. The molecule has 23 heavy (non-hydrogen) atoms. The molecule has 1 amide bonds. The summed E-state index contributed by atoms with van der Waals surface area (Å²) in [5.74, 6) is 0.383. The lowest BCUT2D eigenvalue weighted by molar-refractivity contribution is -0.113. The first-order chi connectivity index (χ1) is 11.1. The van der Waals surface area contributed by atoms with Gasteiger partial charge in [-0.25, -0.2) is 4.39 Å². The standard InChI is InChI=1S/C15H12FN3O3S/c1-9-12(5-6-21-9)14-18-19-15(22-14)23-8-13(20)17-11-4-2-3-10(16)7-11/h2-7H,8H2,1H3,(H,17,20). The van der Waals surface area contributed by atoms with Crippen LogP contribution in [0.25, 0.3) is 11.5 Å². The van der Waals surface area contributed by atoms with Crippen LogP contribution in [-0.2, 0) is 4.79 Å². The van der Waals surface area contributed by atoms with Crippen molar-refractivity contribution in [3.63, 3.8) is 0 Å². The van der Waals surface area contributed by atoms with Crippen LogP contribution in [0.2, 0.25) is 0 Å². The number of rotatable bonds is 5. The van der Waals surface area contributed by atoms with E-state index in [-0.39, 0.29) is 16.9 Å². The van der Waals surface area contributed by atoms with E-state index in [1.807, 2.05) is 0 Å². The highest BCUT2D eigenvalue weighted by molar-refractivity contribution is 7.99. The summed E-state index contributed by atoms with van der Waals surface area (Å²) in [6.45, 7) is 1.79. The maximum absolute atomic E-state index is 13.0. The van der Waals surface area contributed by atoms with Crippen LogP contribution in [0.5, 0.6) is 0 Å². The molecule has 1 N–H and O–H groups in total. The molecule has 3 aromatic rings. The Morgan fingerprint density at radius 1 is 1.35 bits per heavy atom. The average molecular weight is 333 g/mol. The second-order valence-corrected chi connectivity index (χ2v) is 5.54. The Kier molecular flexibility index (Phi) is 4.42. The number of carbonyl (C=O) groups excluding carboxylic acids is 1. The van der Waals surface area contributed by atoms with Gasteiger partial charge in [0.05, 0.1) is 17.6 Å². The number of amides is 1. The molecule has 6 nitrogen and oxygen atoms in total. The highest BCUT2D eigenvalue weighted by Gasteiger charge is 2.14. The van der Waals surface area contributed by atoms with E-state index in [2.05, 4.69) is 15.5 Å². The van der Waals surface area contributed by atoms with E-state index in [9.17, 15) is 9.18 Å². The van der Waals surface area contributed by atoms with Crippen LogP contribution in [0.1, 0.15) is 5.76 Å². The van der Waals surface area contributed by atoms with Gasteiger partial charge in [-0.05, 0) is 31.2 Å². The molecule has 3 rings (SSSR count). The van der Waals surface area contributed by atoms with Crippen LogP contribution >= 0.6 is 11.8 Å². The number of hydrogen-bond acceptors (Lipinski definition) is 6. The zero-order valence-corrected chi connectivity index (χ0v) is 12.9. The van der Waals surface area contributed by atoms with Crippen LogP contribution < -0.4 is 5.32 Å². The largest absolute Gasteiger partial charge is 0.469 e. The van der Waals surface area contributed by atoms with E-state index in [0.29, 0.717) is 22.9 Å². The molecule has 0 fully saturated rings. The van der Waals surface area contributed by atoms with Crippen molar-refractivity contribution in [2.45, 2.75) is 12.1 Å². The summed E-state index contributed by atoms with van der Waals surface area (Å²) in [5, 5.41) is 10.7. The second kappa shape index (κ2) is 6.66. The topological polar surface area (TPSA) is 81.2 Å². The number of benzene rings is 1. The van der Waals surface area contributed by atoms with Crippen LogP contribution in [0, 0.1) is 12.7 Å². The zero-order valence-electron chi connectivity index (χ0n) is 12.1. The van der Waals surface area contributed by atoms with Gasteiger partial charge in [-0.15, -0.1) is 10.2 Å². The molecule has 1 aromatic carbocycles. The highest BCUT2D eigenvalue weighted by atomic mass is 32.2. The van der Waals surface area contributed by atoms with Gasteiger partial charge in [0.15, 0.2) is 0 Å². The normalized spacial score (nSPS) is 10.7. The fraction of sp³-hybridized carbons (Fsp3) is 0.133. The molecule has 0 aliphatic carbocycles. The van der Waals surface area contributed by atoms with Crippen molar-refractivity contribution in [2.24, 2.45) is 0 Å². The number of aryl methyl sites for hydroxylation is 1. The Morgan fingerprint density at radius 3 is 2.96 bits per heavy atom. The Labute approximate surface area is 135 Å². The minimum Gasteiger partial charge on any atom is -0.469 e. The van der Waals surface area contributed by atoms with Gasteiger partial charge in [-0.1, -0.05) is 17.8 Å². The number of furan rings is 1. The molecule has 0 aliphatic heterocycles. The van der Waals surface area contributed by atoms with E-state index >= 15 is 0 Å². The molecular formula is C15H12FN3O3S. The molecule has 8 heteroatoms. The summed E-state index contributed by atoms with van der Waals surface area (Å²) >= 11 is 1.10. The number of halogens is 1. The summed E-state index contributed by atoms with van der Waals surface area (Å²) < 4.78 is 23.7. The molecule has 2 heterocycles. The maximum atomic E-state index is 13.0. The Morgan fingerprint density at radius 2 is 2.22 bits per heavy atom. The molecule has 0 saturated carbocycles. The number of anilines is 1. The molecule has 0 radical (unpaired) electrons. The third-order valence-corrected chi connectivity index (χ3v) is 3.75. The van der Waals surface area contributed by atoms with Crippen molar-refractivity contribution in [3.8, 4) is 11.5 Å². The molecule has 2 aromatic heterocycles. The van der Waals surface area contributed by atoms with Crippen molar-refractivity contribution in [1.82, 2.24) is 10.2 Å². The summed E-state index contributed by atoms with van der Waals surface area (Å²) in [4.78, 5) is 11.8. The lowest BCUT2D eigenvalue weighted by atomic mass is 10.3. The van der Waals surface area contributed by atoms with Crippen LogP contribution in [0.3, 0.4) is 0 Å². The molecule has 118 valence electrons. The number of thioether (sulfide) groups is 1. The number of nitrogens with zero attached hydrogens (tertiary/aromatic N) is 2. The van der Waals surface area contributed by atoms with E-state index in [4.69, 9.17) is 8.83 Å². The van der Waals surface area contributed by atoms with Crippen LogP contribution in [0.15, 0.2) is 50.7 Å². The van der Waals surface area contributed by atoms with E-state index in [1.165, 1.54) is 24.5 Å². The molecule has 0 bridgehead atoms. The Balaban J connectivity index is 1.57. The van der Waals surface area contributed by atoms with E-state index in [0.717, 1.165) is 11.8 Å². The van der Waals surface area contributed by atoms with Crippen LogP contribution in [-0.4, -0.2) is 21.9 Å². The maximum Gasteiger partial charge on any atom is 0.277 e. The van der Waals surface area contributed by atoms with Gasteiger partial charge in [0.1, 0.15) is 11.6 Å². The van der Waals surface area contributed by atoms with Gasteiger partial charge in [-0.2, -0.15) is 0 Å². The van der Waals surface area contributed by atoms with E-state index < -0.39 is 5.82 Å². The smallest absolute Gasteiger partial charge is 0.277 e. The number of carbonyl (C=O) groups is 1. The molecule has 0 atom stereocenters.